The number of thioether (sulfide) groups is 1. The topological polar surface area (TPSA) is 39.7 Å². The summed E-state index contributed by atoms with van der Waals surface area (Å²) in [5.74, 6) is 0.604. The van der Waals surface area contributed by atoms with E-state index in [1.807, 2.05) is 6.26 Å². The number of rotatable bonds is 7. The van der Waals surface area contributed by atoms with Crippen LogP contribution in [0.5, 0.6) is 0 Å². The second-order valence-electron chi connectivity index (χ2n) is 5.17. The molecule has 0 heterocycles. The van der Waals surface area contributed by atoms with Crippen molar-refractivity contribution in [2.45, 2.75) is 24.8 Å². The summed E-state index contributed by atoms with van der Waals surface area (Å²) in [6.45, 7) is 4.74. The highest BCUT2D eigenvalue weighted by Gasteiger charge is 2.28. The summed E-state index contributed by atoms with van der Waals surface area (Å²) in [5, 5.41) is 6.16. The van der Waals surface area contributed by atoms with Gasteiger partial charge in [0.25, 0.3) is 0 Å². The lowest BCUT2D eigenvalue weighted by Crippen LogP contribution is -2.45. The van der Waals surface area contributed by atoms with E-state index >= 15 is 0 Å². The van der Waals surface area contributed by atoms with Crippen molar-refractivity contribution in [3.05, 3.63) is 0 Å². The summed E-state index contributed by atoms with van der Waals surface area (Å²) in [7, 11) is 3.09. The normalized spacial score (nSPS) is 13.1. The fourth-order valence-corrected chi connectivity index (χ4v) is 1.56. The van der Waals surface area contributed by atoms with Gasteiger partial charge < -0.3 is 10.6 Å². The molecule has 0 spiro atoms. The van der Waals surface area contributed by atoms with Crippen LogP contribution < -0.4 is 10.6 Å². The number of alkyl halides is 3. The zero-order valence-electron chi connectivity index (χ0n) is 13.2. The molecule has 0 atom stereocenters. The van der Waals surface area contributed by atoms with E-state index in [0.717, 1.165) is 6.54 Å². The van der Waals surface area contributed by atoms with Gasteiger partial charge in [0.1, 0.15) is 0 Å². The third kappa shape index (κ3) is 13.5. The third-order valence-electron chi connectivity index (χ3n) is 2.69. The number of hydrogen-bond acceptors (Lipinski definition) is 3. The molecule has 0 amide bonds. The summed E-state index contributed by atoms with van der Waals surface area (Å²) in [5.41, 5.74) is 0. The lowest BCUT2D eigenvalue weighted by molar-refractivity contribution is -0.142. The van der Waals surface area contributed by atoms with Crippen molar-refractivity contribution in [2.75, 3.05) is 46.5 Å². The molecule has 0 aliphatic carbocycles. The minimum Gasteiger partial charge on any atom is -0.355 e. The highest BCUT2D eigenvalue weighted by atomic mass is 127. The fourth-order valence-electron chi connectivity index (χ4n) is 1.34. The Labute approximate surface area is 146 Å². The molecule has 2 N–H and O–H groups in total. The lowest BCUT2D eigenvalue weighted by Gasteiger charge is -2.24. The third-order valence-corrected chi connectivity index (χ3v) is 3.94. The van der Waals surface area contributed by atoms with Crippen LogP contribution in [0.1, 0.15) is 13.8 Å². The molecule has 0 radical (unpaired) electrons. The Morgan fingerprint density at radius 3 is 2.24 bits per heavy atom. The first-order chi connectivity index (χ1) is 9.09. The number of likely N-dealkylation sites (N-methyl/N-ethyl adjacent to an activating group) is 1. The maximum Gasteiger partial charge on any atom is 0.401 e. The smallest absolute Gasteiger partial charge is 0.355 e. The summed E-state index contributed by atoms with van der Waals surface area (Å²) in [6, 6.07) is 0. The van der Waals surface area contributed by atoms with Crippen LogP contribution in [0.2, 0.25) is 0 Å². The number of halogens is 4. The first-order valence-electron chi connectivity index (χ1n) is 6.34. The monoisotopic (exact) mass is 442 g/mol. The summed E-state index contributed by atoms with van der Waals surface area (Å²) >= 11 is 1.74. The molecule has 0 aliphatic rings. The maximum absolute atomic E-state index is 12.1. The number of guanidine groups is 1. The van der Waals surface area contributed by atoms with E-state index in [4.69, 9.17) is 0 Å². The van der Waals surface area contributed by atoms with E-state index in [2.05, 4.69) is 29.5 Å². The van der Waals surface area contributed by atoms with Gasteiger partial charge in [-0.2, -0.15) is 24.9 Å². The van der Waals surface area contributed by atoms with Gasteiger partial charge in [-0.05, 0) is 27.2 Å². The van der Waals surface area contributed by atoms with Crippen molar-refractivity contribution in [3.8, 4) is 0 Å². The quantitative estimate of drug-likeness (QED) is 0.361. The Bertz CT molecular complexity index is 311. The predicted molar refractivity (Wildman–Crippen MR) is 95.9 cm³/mol. The largest absolute Gasteiger partial charge is 0.401 e. The van der Waals surface area contributed by atoms with Gasteiger partial charge >= 0.3 is 6.18 Å². The SMILES string of the molecule is CN=C(NCCN(C)CC(F)(F)F)NCC(C)(C)SC.I. The summed E-state index contributed by atoms with van der Waals surface area (Å²) in [4.78, 5) is 5.27. The Morgan fingerprint density at radius 1 is 1.24 bits per heavy atom. The van der Waals surface area contributed by atoms with Gasteiger partial charge in [-0.3, -0.25) is 9.89 Å². The minimum absolute atomic E-state index is 0. The van der Waals surface area contributed by atoms with Crippen LogP contribution in [0.25, 0.3) is 0 Å². The molecule has 0 aromatic heterocycles. The van der Waals surface area contributed by atoms with E-state index in [-0.39, 0.29) is 28.7 Å². The molecule has 0 unspecified atom stereocenters. The lowest BCUT2D eigenvalue weighted by atomic mass is 10.2. The molecule has 21 heavy (non-hydrogen) atoms. The highest BCUT2D eigenvalue weighted by molar-refractivity contribution is 14.0. The van der Waals surface area contributed by atoms with Gasteiger partial charge in [0.2, 0.25) is 0 Å². The Morgan fingerprint density at radius 2 is 1.81 bits per heavy atom. The van der Waals surface area contributed by atoms with Crippen molar-refractivity contribution < 1.29 is 13.2 Å². The number of nitrogens with one attached hydrogen (secondary N) is 2. The van der Waals surface area contributed by atoms with Gasteiger partial charge in [-0.25, -0.2) is 0 Å². The van der Waals surface area contributed by atoms with Crippen molar-refractivity contribution in [1.29, 1.82) is 0 Å². The number of aliphatic imine (C=N–C) groups is 1. The van der Waals surface area contributed by atoms with Crippen molar-refractivity contribution in [3.63, 3.8) is 0 Å². The molecule has 128 valence electrons. The standard InChI is InChI=1S/C12H25F3N4S.HI/c1-11(2,20-5)8-18-10(16-3)17-6-7-19(4)9-12(13,14)15;/h6-9H2,1-5H3,(H2,16,17,18);1H. The van der Waals surface area contributed by atoms with Gasteiger partial charge in [-0.1, -0.05) is 0 Å². The molecule has 0 aliphatic heterocycles. The van der Waals surface area contributed by atoms with Crippen LogP contribution in [0.15, 0.2) is 4.99 Å². The van der Waals surface area contributed by atoms with Crippen LogP contribution in [-0.4, -0.2) is 68.3 Å². The Hall–Kier alpha value is 0.1000. The van der Waals surface area contributed by atoms with Gasteiger partial charge in [0.05, 0.1) is 6.54 Å². The Balaban J connectivity index is 0. The average Bonchev–Trinajstić information content (AvgIpc) is 2.31. The molecule has 0 aromatic carbocycles. The molecule has 0 rings (SSSR count). The van der Waals surface area contributed by atoms with Crippen molar-refractivity contribution >= 4 is 41.7 Å². The van der Waals surface area contributed by atoms with E-state index in [0.29, 0.717) is 19.0 Å². The van der Waals surface area contributed by atoms with Gasteiger partial charge in [-0.15, -0.1) is 24.0 Å². The van der Waals surface area contributed by atoms with Crippen LogP contribution >= 0.6 is 35.7 Å². The zero-order valence-corrected chi connectivity index (χ0v) is 16.3. The average molecular weight is 442 g/mol. The zero-order chi connectivity index (χ0) is 15.8. The van der Waals surface area contributed by atoms with Crippen LogP contribution in [0.3, 0.4) is 0 Å². The molecule has 0 fully saturated rings. The van der Waals surface area contributed by atoms with E-state index in [1.54, 1.807) is 18.8 Å². The Kier molecular flexibility index (Phi) is 12.0. The summed E-state index contributed by atoms with van der Waals surface area (Å²) in [6.07, 6.45) is -2.12. The molecule has 0 bridgehead atoms. The number of nitrogens with zero attached hydrogens (tertiary/aromatic N) is 2. The molecule has 9 heteroatoms. The van der Waals surface area contributed by atoms with Gasteiger partial charge in [0, 0.05) is 31.4 Å². The van der Waals surface area contributed by atoms with Gasteiger partial charge in [0.15, 0.2) is 5.96 Å². The maximum atomic E-state index is 12.1. The minimum atomic E-state index is -4.16. The summed E-state index contributed by atoms with van der Waals surface area (Å²) < 4.78 is 36.5. The van der Waals surface area contributed by atoms with E-state index in [1.165, 1.54) is 11.9 Å². The second-order valence-corrected chi connectivity index (χ2v) is 6.68. The highest BCUT2D eigenvalue weighted by Crippen LogP contribution is 2.19. The first kappa shape index (κ1) is 23.4. The van der Waals surface area contributed by atoms with Crippen molar-refractivity contribution in [1.82, 2.24) is 15.5 Å². The number of hydrogen-bond donors (Lipinski definition) is 2. The van der Waals surface area contributed by atoms with Crippen LogP contribution in [-0.2, 0) is 0 Å². The molecule has 0 saturated heterocycles. The molecule has 0 aromatic rings. The van der Waals surface area contributed by atoms with E-state index in [9.17, 15) is 13.2 Å². The van der Waals surface area contributed by atoms with E-state index < -0.39 is 12.7 Å². The fraction of sp³-hybridized carbons (Fsp3) is 0.917. The molecule has 0 saturated carbocycles. The molecular weight excluding hydrogens is 416 g/mol. The van der Waals surface area contributed by atoms with Crippen LogP contribution in [0, 0.1) is 0 Å². The van der Waals surface area contributed by atoms with Crippen LogP contribution in [0.4, 0.5) is 13.2 Å². The van der Waals surface area contributed by atoms with Crippen molar-refractivity contribution in [2.24, 2.45) is 4.99 Å². The first-order valence-corrected chi connectivity index (χ1v) is 7.57. The second kappa shape index (κ2) is 10.8. The molecular formula is C12H26F3IN4S. The predicted octanol–water partition coefficient (Wildman–Crippen LogP) is 2.41. The molecule has 4 nitrogen and oxygen atoms in total.